The highest BCUT2D eigenvalue weighted by Gasteiger charge is 2.27. The Morgan fingerprint density at radius 1 is 0.840 bits per heavy atom. The van der Waals surface area contributed by atoms with Crippen LogP contribution in [0.5, 0.6) is 11.5 Å². The van der Waals surface area contributed by atoms with Gasteiger partial charge >= 0.3 is 0 Å². The number of nitrogens with zero attached hydrogens (tertiary/aromatic N) is 2. The molecule has 2 heterocycles. The van der Waals surface area contributed by atoms with Gasteiger partial charge in [0, 0.05) is 34.4 Å². The van der Waals surface area contributed by atoms with Gasteiger partial charge in [0.05, 0.1) is 17.0 Å². The summed E-state index contributed by atoms with van der Waals surface area (Å²) in [6.07, 6.45) is 4.36. The fourth-order valence-electron chi connectivity index (χ4n) is 5.86. The Kier molecular flexibility index (Phi) is 10.8. The number of carbonyl (C=O) groups is 1. The van der Waals surface area contributed by atoms with Crippen LogP contribution in [0.3, 0.4) is 0 Å². The molecule has 11 heteroatoms. The third-order valence-corrected chi connectivity index (χ3v) is 10.4. The number of fused-ring (bicyclic) bond motifs is 1. The van der Waals surface area contributed by atoms with Crippen LogP contribution in [0.25, 0.3) is 10.9 Å². The molecule has 0 radical (unpaired) electrons. The Balaban J connectivity index is 1.28. The molecule has 0 spiro atoms. The highest BCUT2D eigenvalue weighted by molar-refractivity contribution is 7.90. The second-order valence-electron chi connectivity index (χ2n) is 11.9. The molecule has 4 aromatic carbocycles. The van der Waals surface area contributed by atoms with E-state index in [2.05, 4.69) is 9.71 Å². The molecule has 0 saturated carbocycles. The monoisotopic (exact) mass is 727 g/mol. The van der Waals surface area contributed by atoms with Crippen molar-refractivity contribution in [1.29, 1.82) is 0 Å². The summed E-state index contributed by atoms with van der Waals surface area (Å²) in [5, 5.41) is 1.98. The van der Waals surface area contributed by atoms with E-state index in [1.165, 1.54) is 12.1 Å². The third-order valence-electron chi connectivity index (χ3n) is 8.27. The van der Waals surface area contributed by atoms with Gasteiger partial charge in [-0.1, -0.05) is 65.7 Å². The van der Waals surface area contributed by atoms with Crippen molar-refractivity contribution in [2.75, 3.05) is 6.61 Å². The van der Waals surface area contributed by atoms with E-state index in [0.29, 0.717) is 58.7 Å². The van der Waals surface area contributed by atoms with Gasteiger partial charge in [0.25, 0.3) is 15.9 Å². The van der Waals surface area contributed by atoms with Gasteiger partial charge in [0.2, 0.25) is 0 Å². The van der Waals surface area contributed by atoms with Gasteiger partial charge in [-0.3, -0.25) is 9.78 Å². The SMILES string of the molecule is Cc1cc(OCCCc2c(C(=O)NS(=O)(=O)c3ccc(OCc4ccccc4)cc3)n(Cc3cccnc3)c3cc(Cl)ccc23)cc(C)c1Cl. The Bertz CT molecular complexity index is 2220. The minimum absolute atomic E-state index is 0.0700. The normalized spacial score (nSPS) is 11.4. The minimum Gasteiger partial charge on any atom is -0.494 e. The zero-order valence-corrected chi connectivity index (χ0v) is 29.9. The summed E-state index contributed by atoms with van der Waals surface area (Å²) in [7, 11) is -4.26. The van der Waals surface area contributed by atoms with Crippen molar-refractivity contribution in [1.82, 2.24) is 14.3 Å². The van der Waals surface area contributed by atoms with Crippen molar-refractivity contribution in [2.45, 2.75) is 44.7 Å². The van der Waals surface area contributed by atoms with Gasteiger partial charge in [-0.15, -0.1) is 0 Å². The van der Waals surface area contributed by atoms with Gasteiger partial charge in [-0.25, -0.2) is 13.1 Å². The fraction of sp³-hybridized carbons (Fsp3) is 0.179. The summed E-state index contributed by atoms with van der Waals surface area (Å²) in [5.74, 6) is 0.447. The molecule has 0 fully saturated rings. The molecular weight excluding hydrogens is 693 g/mol. The number of hydrogen-bond donors (Lipinski definition) is 1. The van der Waals surface area contributed by atoms with E-state index >= 15 is 0 Å². The van der Waals surface area contributed by atoms with Crippen molar-refractivity contribution in [2.24, 2.45) is 0 Å². The van der Waals surface area contributed by atoms with Crippen LogP contribution >= 0.6 is 23.2 Å². The van der Waals surface area contributed by atoms with E-state index in [1.807, 2.05) is 74.5 Å². The topological polar surface area (TPSA) is 99.5 Å². The smallest absolute Gasteiger partial charge is 0.281 e. The Morgan fingerprint density at radius 3 is 2.26 bits per heavy atom. The minimum atomic E-state index is -4.26. The van der Waals surface area contributed by atoms with Crippen LogP contribution in [0, 0.1) is 13.8 Å². The Hall–Kier alpha value is -4.83. The molecule has 256 valence electrons. The van der Waals surface area contributed by atoms with Crippen molar-refractivity contribution in [3.8, 4) is 11.5 Å². The summed E-state index contributed by atoms with van der Waals surface area (Å²) in [6.45, 7) is 4.82. The third kappa shape index (κ3) is 8.13. The fourth-order valence-corrected chi connectivity index (χ4v) is 7.09. The zero-order valence-electron chi connectivity index (χ0n) is 27.5. The van der Waals surface area contributed by atoms with E-state index in [9.17, 15) is 13.2 Å². The zero-order chi connectivity index (χ0) is 35.3. The van der Waals surface area contributed by atoms with Crippen LogP contribution in [0.15, 0.2) is 114 Å². The number of ether oxygens (including phenoxy) is 2. The number of halogens is 2. The number of carbonyl (C=O) groups excluding carboxylic acids is 1. The highest BCUT2D eigenvalue weighted by atomic mass is 35.5. The van der Waals surface area contributed by atoms with Crippen molar-refractivity contribution in [3.63, 3.8) is 0 Å². The average molecular weight is 729 g/mol. The Labute approximate surface area is 301 Å². The van der Waals surface area contributed by atoms with Crippen LogP contribution < -0.4 is 14.2 Å². The molecule has 6 rings (SSSR count). The molecule has 1 N–H and O–H groups in total. The van der Waals surface area contributed by atoms with E-state index in [-0.39, 0.29) is 17.1 Å². The predicted molar refractivity (Wildman–Crippen MR) is 197 cm³/mol. The lowest BCUT2D eigenvalue weighted by Gasteiger charge is -2.14. The van der Waals surface area contributed by atoms with E-state index in [4.69, 9.17) is 32.7 Å². The molecule has 50 heavy (non-hydrogen) atoms. The van der Waals surface area contributed by atoms with Crippen molar-refractivity contribution >= 4 is 50.0 Å². The summed E-state index contributed by atoms with van der Waals surface area (Å²) in [4.78, 5) is 18.3. The van der Waals surface area contributed by atoms with Crippen LogP contribution in [0.4, 0.5) is 0 Å². The molecular formula is C39H35Cl2N3O5S. The van der Waals surface area contributed by atoms with Crippen LogP contribution in [0.2, 0.25) is 10.0 Å². The van der Waals surface area contributed by atoms with Crippen molar-refractivity contribution < 1.29 is 22.7 Å². The maximum atomic E-state index is 14.2. The van der Waals surface area contributed by atoms with E-state index < -0.39 is 15.9 Å². The number of aryl methyl sites for hydroxylation is 3. The molecule has 2 aromatic heterocycles. The molecule has 0 atom stereocenters. The molecule has 0 bridgehead atoms. The first-order valence-corrected chi connectivity index (χ1v) is 18.3. The van der Waals surface area contributed by atoms with Gasteiger partial charge in [0.1, 0.15) is 23.8 Å². The van der Waals surface area contributed by atoms with Gasteiger partial charge in [-0.05, 0) is 109 Å². The molecule has 0 aliphatic rings. The summed E-state index contributed by atoms with van der Waals surface area (Å²) in [5.41, 5.74) is 5.26. The second-order valence-corrected chi connectivity index (χ2v) is 14.4. The summed E-state index contributed by atoms with van der Waals surface area (Å²) in [6, 6.07) is 28.5. The van der Waals surface area contributed by atoms with Crippen LogP contribution in [-0.4, -0.2) is 30.5 Å². The Morgan fingerprint density at radius 2 is 1.56 bits per heavy atom. The molecule has 0 aliphatic heterocycles. The standard InChI is InChI=1S/C39H35Cl2N3O5S/c1-26-20-32(21-27(2)37(26)41)48-19-7-11-35-34-17-12-30(40)22-36(34)44(24-29-10-6-18-42-23-29)38(35)39(45)43-50(46,47)33-15-13-31(14-16-33)49-25-28-8-4-3-5-9-28/h3-6,8-10,12-18,20-23H,7,11,19,24-25H2,1-2H3,(H,43,45). The number of pyridine rings is 1. The molecule has 0 saturated heterocycles. The number of sulfonamides is 1. The highest BCUT2D eigenvalue weighted by Crippen LogP contribution is 2.32. The summed E-state index contributed by atoms with van der Waals surface area (Å²) < 4.78 is 43.2. The van der Waals surface area contributed by atoms with Crippen LogP contribution in [-0.2, 0) is 29.6 Å². The number of benzene rings is 4. The second kappa shape index (κ2) is 15.4. The first-order valence-electron chi connectivity index (χ1n) is 16.0. The van der Waals surface area contributed by atoms with E-state index in [0.717, 1.165) is 27.6 Å². The molecule has 1 amide bonds. The lowest BCUT2D eigenvalue weighted by Crippen LogP contribution is -2.33. The number of amides is 1. The first-order chi connectivity index (χ1) is 24.1. The largest absolute Gasteiger partial charge is 0.494 e. The summed E-state index contributed by atoms with van der Waals surface area (Å²) >= 11 is 12.8. The predicted octanol–water partition coefficient (Wildman–Crippen LogP) is 8.72. The molecule has 8 nitrogen and oxygen atoms in total. The number of nitrogens with one attached hydrogen (secondary N) is 1. The number of hydrogen-bond acceptors (Lipinski definition) is 6. The quantitative estimate of drug-likeness (QED) is 0.120. The van der Waals surface area contributed by atoms with Crippen LogP contribution in [0.1, 0.15) is 44.7 Å². The molecule has 0 unspecified atom stereocenters. The molecule has 0 aliphatic carbocycles. The van der Waals surface area contributed by atoms with Gasteiger partial charge < -0.3 is 14.0 Å². The number of aromatic nitrogens is 2. The van der Waals surface area contributed by atoms with Crippen molar-refractivity contribution in [3.05, 3.63) is 153 Å². The van der Waals surface area contributed by atoms with Gasteiger partial charge in [0.15, 0.2) is 0 Å². The number of rotatable bonds is 13. The lowest BCUT2D eigenvalue weighted by molar-refractivity contribution is 0.0972. The maximum absolute atomic E-state index is 14.2. The van der Waals surface area contributed by atoms with Gasteiger partial charge in [-0.2, -0.15) is 0 Å². The maximum Gasteiger partial charge on any atom is 0.281 e. The lowest BCUT2D eigenvalue weighted by atomic mass is 10.1. The first kappa shape index (κ1) is 35.0. The average Bonchev–Trinajstić information content (AvgIpc) is 3.40. The van der Waals surface area contributed by atoms with E-state index in [1.54, 1.807) is 41.2 Å². The molecule has 6 aromatic rings.